The van der Waals surface area contributed by atoms with Crippen molar-refractivity contribution in [1.82, 2.24) is 15.3 Å². The fourth-order valence-electron chi connectivity index (χ4n) is 4.19. The number of aliphatic hydroxyl groups excluding tert-OH is 1. The highest BCUT2D eigenvalue weighted by atomic mass is 32.2. The van der Waals surface area contributed by atoms with Crippen molar-refractivity contribution in [3.8, 4) is 0 Å². The molecule has 0 aliphatic heterocycles. The van der Waals surface area contributed by atoms with Gasteiger partial charge in [0.15, 0.2) is 5.82 Å². The molecule has 0 unspecified atom stereocenters. The van der Waals surface area contributed by atoms with E-state index < -0.39 is 15.9 Å². The van der Waals surface area contributed by atoms with Crippen molar-refractivity contribution in [1.29, 1.82) is 0 Å². The van der Waals surface area contributed by atoms with Gasteiger partial charge in [0.1, 0.15) is 11.4 Å². The highest BCUT2D eigenvalue weighted by Crippen LogP contribution is 2.25. The Morgan fingerprint density at radius 2 is 1.74 bits per heavy atom. The summed E-state index contributed by atoms with van der Waals surface area (Å²) in [4.78, 5) is 26.3. The molecule has 5 N–H and O–H groups in total. The number of anilines is 1. The van der Waals surface area contributed by atoms with Gasteiger partial charge in [0.2, 0.25) is 16.0 Å². The summed E-state index contributed by atoms with van der Waals surface area (Å²) in [5.41, 5.74) is 1.82. The van der Waals surface area contributed by atoms with E-state index in [1.807, 2.05) is 0 Å². The predicted octanol–water partition coefficient (Wildman–Crippen LogP) is 3.10. The number of amides is 1. The molecule has 0 radical (unpaired) electrons. The third-order valence-electron chi connectivity index (χ3n) is 6.48. The third-order valence-corrected chi connectivity index (χ3v) is 7.41. The lowest BCUT2D eigenvalue weighted by Gasteiger charge is -2.22. The molecule has 1 heterocycles. The van der Waals surface area contributed by atoms with E-state index in [1.54, 1.807) is 30.5 Å². The summed E-state index contributed by atoms with van der Waals surface area (Å²) in [6.07, 6.45) is 6.53. The number of hydrogen-bond donors (Lipinski definition) is 4. The minimum Gasteiger partial charge on any atom is -0.393 e. The first kappa shape index (κ1) is 28.3. The number of primary sulfonamides is 1. The van der Waals surface area contributed by atoms with Gasteiger partial charge in [0.05, 0.1) is 11.0 Å². The van der Waals surface area contributed by atoms with E-state index in [4.69, 9.17) is 5.14 Å². The number of carbonyl (C=O) groups excluding carboxylic acids is 1. The zero-order chi connectivity index (χ0) is 27.8. The summed E-state index contributed by atoms with van der Waals surface area (Å²) >= 11 is 0. The highest BCUT2D eigenvalue weighted by Gasteiger charge is 2.19. The second-order valence-electron chi connectivity index (χ2n) is 9.45. The van der Waals surface area contributed by atoms with Crippen molar-refractivity contribution >= 4 is 33.9 Å². The van der Waals surface area contributed by atoms with Crippen LogP contribution in [0.15, 0.2) is 64.6 Å². The number of nitrogens with two attached hydrogens (primary N) is 1. The summed E-state index contributed by atoms with van der Waals surface area (Å²) < 4.78 is 36.0. The zero-order valence-corrected chi connectivity index (χ0v) is 22.1. The van der Waals surface area contributed by atoms with Crippen LogP contribution in [0.4, 0.5) is 16.2 Å². The van der Waals surface area contributed by atoms with Crippen LogP contribution in [0.5, 0.6) is 0 Å². The Morgan fingerprint density at radius 1 is 1.08 bits per heavy atom. The molecule has 1 aliphatic carbocycles. The molecule has 1 amide bonds. The lowest BCUT2D eigenvalue weighted by molar-refractivity contribution is 0.0951. The highest BCUT2D eigenvalue weighted by molar-refractivity contribution is 7.89. The summed E-state index contributed by atoms with van der Waals surface area (Å²) in [6, 6.07) is 12.1. The molecular formula is C27H31FN6O4S. The molecule has 4 rings (SSSR count). The molecule has 1 aromatic heterocycles. The van der Waals surface area contributed by atoms with E-state index in [0.29, 0.717) is 37.3 Å². The Balaban J connectivity index is 1.45. The van der Waals surface area contributed by atoms with Crippen molar-refractivity contribution in [2.24, 2.45) is 16.0 Å². The zero-order valence-electron chi connectivity index (χ0n) is 21.3. The molecule has 3 aromatic rings. The third kappa shape index (κ3) is 8.37. The minimum absolute atomic E-state index is 0.0136. The number of hydrogen-bond acceptors (Lipinski definition) is 8. The van der Waals surface area contributed by atoms with Crippen molar-refractivity contribution in [3.63, 3.8) is 0 Å². The van der Waals surface area contributed by atoms with E-state index in [1.165, 1.54) is 30.5 Å². The minimum atomic E-state index is -3.80. The molecule has 0 bridgehead atoms. The second kappa shape index (κ2) is 12.9. The molecule has 12 heteroatoms. The Kier molecular flexibility index (Phi) is 9.33. The monoisotopic (exact) mass is 554 g/mol. The van der Waals surface area contributed by atoms with E-state index in [9.17, 15) is 22.7 Å². The van der Waals surface area contributed by atoms with Crippen molar-refractivity contribution in [2.45, 2.75) is 49.6 Å². The molecule has 1 fully saturated rings. The maximum atomic E-state index is 13.1. The molecule has 1 aliphatic rings. The number of benzene rings is 2. The lowest BCUT2D eigenvalue weighted by atomic mass is 9.88. The Hall–Kier alpha value is -3.74. The van der Waals surface area contributed by atoms with Gasteiger partial charge in [-0.1, -0.05) is 24.3 Å². The molecule has 10 nitrogen and oxygen atoms in total. The topological polar surface area (TPSA) is 160 Å². The van der Waals surface area contributed by atoms with Crippen LogP contribution in [0.1, 0.15) is 47.2 Å². The van der Waals surface area contributed by atoms with Crippen LogP contribution in [0.25, 0.3) is 0 Å². The summed E-state index contributed by atoms with van der Waals surface area (Å²) in [7, 11) is -3.80. The molecule has 0 spiro atoms. The Labute approximate surface area is 226 Å². The van der Waals surface area contributed by atoms with Gasteiger partial charge in [0, 0.05) is 25.5 Å². The quantitative estimate of drug-likeness (QED) is 0.280. The summed E-state index contributed by atoms with van der Waals surface area (Å²) in [5, 5.41) is 20.8. The second-order valence-corrected chi connectivity index (χ2v) is 11.0. The van der Waals surface area contributed by atoms with Crippen LogP contribution >= 0.6 is 0 Å². The normalized spacial score (nSPS) is 17.7. The fourth-order valence-corrected chi connectivity index (χ4v) is 4.70. The smallest absolute Gasteiger partial charge is 0.256 e. The van der Waals surface area contributed by atoms with Gasteiger partial charge in [-0.25, -0.2) is 27.9 Å². The van der Waals surface area contributed by atoms with E-state index >= 15 is 0 Å². The van der Waals surface area contributed by atoms with Gasteiger partial charge in [-0.05, 0) is 73.4 Å². The first-order valence-corrected chi connectivity index (χ1v) is 14.2. The predicted molar refractivity (Wildman–Crippen MR) is 146 cm³/mol. The average molecular weight is 555 g/mol. The van der Waals surface area contributed by atoms with Crippen molar-refractivity contribution in [3.05, 3.63) is 77.2 Å². The van der Waals surface area contributed by atoms with Gasteiger partial charge >= 0.3 is 0 Å². The van der Waals surface area contributed by atoms with Gasteiger partial charge < -0.3 is 15.7 Å². The van der Waals surface area contributed by atoms with Crippen LogP contribution in [-0.2, 0) is 23.0 Å². The van der Waals surface area contributed by atoms with Gasteiger partial charge in [-0.3, -0.25) is 4.79 Å². The van der Waals surface area contributed by atoms with E-state index in [2.05, 4.69) is 25.6 Å². The summed E-state index contributed by atoms with van der Waals surface area (Å²) in [6.45, 7) is 0.639. The first-order chi connectivity index (χ1) is 18.7. The standard InChI is InChI=1S/C27H31FN6O4S/c28-21-7-1-18(2-8-21)13-14-30-27-33-17-24(25(34-27)31-15-19-3-9-22(35)10-4-19)26(36)32-16-20-5-11-23(12-6-20)39(29,37)38/h1-2,5-8,11-12,15,17,19,22,35H,3-4,9-10,13-14,16H2,(H,32,36)(H2,29,37,38)(H,30,33,34)/b31-15-. The number of halogens is 1. The number of rotatable bonds is 10. The number of nitrogens with one attached hydrogen (secondary N) is 2. The lowest BCUT2D eigenvalue weighted by Crippen LogP contribution is -2.24. The number of aliphatic imine (C=N–C) groups is 1. The number of aromatic nitrogens is 2. The number of sulfonamides is 1. The van der Waals surface area contributed by atoms with Crippen LogP contribution in [-0.4, -0.2) is 48.3 Å². The molecular weight excluding hydrogens is 523 g/mol. The van der Waals surface area contributed by atoms with E-state index in [-0.39, 0.29) is 40.7 Å². The fraction of sp³-hybridized carbons (Fsp3) is 0.333. The number of carbonyl (C=O) groups is 1. The van der Waals surface area contributed by atoms with Crippen LogP contribution in [0, 0.1) is 11.7 Å². The maximum Gasteiger partial charge on any atom is 0.256 e. The molecule has 2 aromatic carbocycles. The number of aliphatic hydroxyl groups is 1. The van der Waals surface area contributed by atoms with Crippen LogP contribution in [0.3, 0.4) is 0 Å². The van der Waals surface area contributed by atoms with Crippen molar-refractivity contribution in [2.75, 3.05) is 11.9 Å². The molecule has 0 saturated heterocycles. The first-order valence-electron chi connectivity index (χ1n) is 12.6. The SMILES string of the molecule is NS(=O)(=O)c1ccc(CNC(=O)c2cnc(NCCc3ccc(F)cc3)nc2/N=C\C2CCC(O)CC2)cc1. The Bertz CT molecular complexity index is 1410. The van der Waals surface area contributed by atoms with Crippen molar-refractivity contribution < 1.29 is 22.7 Å². The van der Waals surface area contributed by atoms with Gasteiger partial charge in [-0.15, -0.1) is 0 Å². The largest absolute Gasteiger partial charge is 0.393 e. The van der Waals surface area contributed by atoms with E-state index in [0.717, 1.165) is 18.4 Å². The Morgan fingerprint density at radius 3 is 2.41 bits per heavy atom. The maximum absolute atomic E-state index is 13.1. The molecule has 206 valence electrons. The summed E-state index contributed by atoms with van der Waals surface area (Å²) in [5.74, 6) is -0.0403. The molecule has 39 heavy (non-hydrogen) atoms. The molecule has 1 saturated carbocycles. The van der Waals surface area contributed by atoms with Crippen LogP contribution in [0.2, 0.25) is 0 Å². The van der Waals surface area contributed by atoms with Gasteiger partial charge in [0.25, 0.3) is 5.91 Å². The van der Waals surface area contributed by atoms with Gasteiger partial charge in [-0.2, -0.15) is 4.98 Å². The molecule has 0 atom stereocenters. The number of nitrogens with zero attached hydrogens (tertiary/aromatic N) is 3. The van der Waals surface area contributed by atoms with Crippen LogP contribution < -0.4 is 15.8 Å². The average Bonchev–Trinajstić information content (AvgIpc) is 2.92.